The molecule has 240 valence electrons. The quantitative estimate of drug-likeness (QED) is 0.380. The van der Waals surface area contributed by atoms with E-state index in [9.17, 15) is 9.59 Å². The maximum atomic E-state index is 15.2. The predicted octanol–water partition coefficient (Wildman–Crippen LogP) is 5.64. The van der Waals surface area contributed by atoms with Gasteiger partial charge in [0, 0.05) is 53.8 Å². The second-order valence-corrected chi connectivity index (χ2v) is 15.7. The molecule has 3 saturated heterocycles. The van der Waals surface area contributed by atoms with E-state index in [4.69, 9.17) is 18.9 Å². The van der Waals surface area contributed by atoms with Crippen molar-refractivity contribution in [2.24, 2.45) is 17.8 Å². The van der Waals surface area contributed by atoms with E-state index in [1.807, 2.05) is 0 Å². The largest absolute Gasteiger partial charge is 0.462 e. The minimum absolute atomic E-state index is 0.106. The number of carbonyl (C=O) groups is 2. The standard InChI is InChI=1S/C32H52F2N2O6/c1-29(2)13-22(14-30(3,4)35-29)41-26(37)20-11-9-19(10-12-20)24(33)25(34)28-39-17-21(18-40-28)27(38)42-23-15-31(5,6)36-32(7,8)16-23/h19-23,28,35-36H,9-18H2,1-8H3/b25-24+. The van der Waals surface area contributed by atoms with Gasteiger partial charge in [-0.15, -0.1) is 0 Å². The number of esters is 2. The molecule has 4 aliphatic rings. The summed E-state index contributed by atoms with van der Waals surface area (Å²) >= 11 is 0. The minimum Gasteiger partial charge on any atom is -0.462 e. The van der Waals surface area contributed by atoms with Gasteiger partial charge in [0.25, 0.3) is 0 Å². The van der Waals surface area contributed by atoms with E-state index in [-0.39, 0.29) is 59.5 Å². The third-order valence-corrected chi connectivity index (χ3v) is 8.96. The van der Waals surface area contributed by atoms with Gasteiger partial charge < -0.3 is 29.6 Å². The Morgan fingerprint density at radius 2 is 0.952 bits per heavy atom. The van der Waals surface area contributed by atoms with Crippen LogP contribution in [0.4, 0.5) is 8.78 Å². The van der Waals surface area contributed by atoms with Gasteiger partial charge in [-0.2, -0.15) is 0 Å². The fraction of sp³-hybridized carbons (Fsp3) is 0.875. The Labute approximate surface area is 250 Å². The van der Waals surface area contributed by atoms with Crippen LogP contribution in [-0.4, -0.2) is 65.8 Å². The van der Waals surface area contributed by atoms with Gasteiger partial charge >= 0.3 is 11.9 Å². The summed E-state index contributed by atoms with van der Waals surface area (Å²) in [7, 11) is 0. The van der Waals surface area contributed by atoms with Gasteiger partial charge in [0.1, 0.15) is 24.0 Å². The lowest BCUT2D eigenvalue weighted by Crippen LogP contribution is -2.60. The van der Waals surface area contributed by atoms with Gasteiger partial charge in [-0.3, -0.25) is 9.59 Å². The highest BCUT2D eigenvalue weighted by molar-refractivity contribution is 5.73. The molecule has 10 heteroatoms. The van der Waals surface area contributed by atoms with Crippen LogP contribution < -0.4 is 10.6 Å². The SMILES string of the molecule is CC1(C)CC(OC(=O)C2CCC(/C(F)=C(\F)C3OCC(C(=O)OC4CC(C)(C)NC(C)(C)C4)CO3)CC2)CC(C)(C)N1. The van der Waals surface area contributed by atoms with Crippen molar-refractivity contribution in [1.82, 2.24) is 10.6 Å². The Morgan fingerprint density at radius 3 is 1.36 bits per heavy atom. The Balaban J connectivity index is 1.23. The van der Waals surface area contributed by atoms with E-state index in [1.165, 1.54) is 0 Å². The molecule has 42 heavy (non-hydrogen) atoms. The molecule has 4 fully saturated rings. The van der Waals surface area contributed by atoms with Crippen LogP contribution in [0.1, 0.15) is 107 Å². The van der Waals surface area contributed by atoms with Crippen LogP contribution in [0, 0.1) is 17.8 Å². The van der Waals surface area contributed by atoms with Gasteiger partial charge in [0.15, 0.2) is 5.83 Å². The lowest BCUT2D eigenvalue weighted by Gasteiger charge is -2.46. The van der Waals surface area contributed by atoms with Gasteiger partial charge in [-0.05, 0) is 81.1 Å². The van der Waals surface area contributed by atoms with Crippen LogP contribution in [0.5, 0.6) is 0 Å². The molecule has 0 amide bonds. The molecule has 0 spiro atoms. The first-order chi connectivity index (χ1) is 19.3. The van der Waals surface area contributed by atoms with E-state index in [0.717, 1.165) is 12.8 Å². The summed E-state index contributed by atoms with van der Waals surface area (Å²) < 4.78 is 52.8. The van der Waals surface area contributed by atoms with Crippen LogP contribution in [-0.2, 0) is 28.5 Å². The van der Waals surface area contributed by atoms with Crippen LogP contribution in [0.2, 0.25) is 0 Å². The van der Waals surface area contributed by atoms with E-state index in [1.54, 1.807) is 0 Å². The maximum absolute atomic E-state index is 15.2. The van der Waals surface area contributed by atoms with E-state index < -0.39 is 35.7 Å². The van der Waals surface area contributed by atoms with Crippen molar-refractivity contribution in [3.8, 4) is 0 Å². The van der Waals surface area contributed by atoms with E-state index in [2.05, 4.69) is 66.0 Å². The number of hydrogen-bond donors (Lipinski definition) is 2. The second-order valence-electron chi connectivity index (χ2n) is 15.7. The molecule has 0 aromatic rings. The third kappa shape index (κ3) is 8.73. The number of hydrogen-bond acceptors (Lipinski definition) is 8. The van der Waals surface area contributed by atoms with Crippen LogP contribution >= 0.6 is 0 Å². The molecule has 0 bridgehead atoms. The zero-order chi connectivity index (χ0) is 31.1. The van der Waals surface area contributed by atoms with Gasteiger partial charge in [-0.25, -0.2) is 8.78 Å². The summed E-state index contributed by atoms with van der Waals surface area (Å²) in [6.45, 7) is 16.5. The lowest BCUT2D eigenvalue weighted by atomic mass is 9.80. The highest BCUT2D eigenvalue weighted by atomic mass is 19.2. The average Bonchev–Trinajstić information content (AvgIpc) is 2.84. The zero-order valence-electron chi connectivity index (χ0n) is 26.7. The highest BCUT2D eigenvalue weighted by Crippen LogP contribution is 2.39. The summed E-state index contributed by atoms with van der Waals surface area (Å²) in [5.74, 6) is -4.34. The van der Waals surface area contributed by atoms with Gasteiger partial charge in [-0.1, -0.05) is 0 Å². The maximum Gasteiger partial charge on any atom is 0.313 e. The Morgan fingerprint density at radius 1 is 0.595 bits per heavy atom. The highest BCUT2D eigenvalue weighted by Gasteiger charge is 2.43. The van der Waals surface area contributed by atoms with Crippen molar-refractivity contribution >= 4 is 11.9 Å². The molecule has 3 aliphatic heterocycles. The first kappa shape index (κ1) is 33.3. The molecule has 0 aromatic heterocycles. The third-order valence-electron chi connectivity index (χ3n) is 8.96. The van der Waals surface area contributed by atoms with E-state index in [0.29, 0.717) is 38.5 Å². The monoisotopic (exact) mass is 598 g/mol. The molecule has 0 atom stereocenters. The molecular formula is C32H52F2N2O6. The molecule has 3 heterocycles. The molecule has 0 radical (unpaired) electrons. The normalized spacial score (nSPS) is 33.8. The topological polar surface area (TPSA) is 95.1 Å². The molecule has 4 rings (SSSR count). The van der Waals surface area contributed by atoms with Crippen LogP contribution in [0.15, 0.2) is 11.7 Å². The lowest BCUT2D eigenvalue weighted by molar-refractivity contribution is -0.205. The summed E-state index contributed by atoms with van der Waals surface area (Å²) in [6, 6.07) is 0. The molecule has 1 aliphatic carbocycles. The molecule has 2 N–H and O–H groups in total. The molecule has 0 unspecified atom stereocenters. The van der Waals surface area contributed by atoms with Crippen molar-refractivity contribution in [2.75, 3.05) is 13.2 Å². The first-order valence-corrected chi connectivity index (χ1v) is 15.6. The second kappa shape index (κ2) is 12.4. The number of carbonyl (C=O) groups excluding carboxylic acids is 2. The predicted molar refractivity (Wildman–Crippen MR) is 155 cm³/mol. The van der Waals surface area contributed by atoms with Crippen molar-refractivity contribution in [3.63, 3.8) is 0 Å². The van der Waals surface area contributed by atoms with Crippen molar-refractivity contribution in [3.05, 3.63) is 11.7 Å². The van der Waals surface area contributed by atoms with Crippen molar-refractivity contribution in [1.29, 1.82) is 0 Å². The average molecular weight is 599 g/mol. The van der Waals surface area contributed by atoms with Crippen molar-refractivity contribution < 1.29 is 37.3 Å². The fourth-order valence-electron chi connectivity index (χ4n) is 7.82. The number of rotatable bonds is 6. The molecular weight excluding hydrogens is 546 g/mol. The number of ether oxygens (including phenoxy) is 4. The van der Waals surface area contributed by atoms with Gasteiger partial charge in [0.05, 0.1) is 19.1 Å². The zero-order valence-corrected chi connectivity index (χ0v) is 26.7. The van der Waals surface area contributed by atoms with E-state index >= 15 is 8.78 Å². The summed E-state index contributed by atoms with van der Waals surface area (Å²) in [6.07, 6.45) is 2.46. The van der Waals surface area contributed by atoms with Gasteiger partial charge in [0.2, 0.25) is 6.29 Å². The van der Waals surface area contributed by atoms with Crippen molar-refractivity contribution in [2.45, 2.75) is 147 Å². The molecule has 8 nitrogen and oxygen atoms in total. The number of piperidine rings is 2. The summed E-state index contributed by atoms with van der Waals surface area (Å²) in [5.41, 5.74) is -0.630. The number of halogens is 2. The van der Waals surface area contributed by atoms with Crippen LogP contribution in [0.3, 0.4) is 0 Å². The Kier molecular flexibility index (Phi) is 9.83. The smallest absolute Gasteiger partial charge is 0.313 e. The van der Waals surface area contributed by atoms with Crippen LogP contribution in [0.25, 0.3) is 0 Å². The molecule has 1 saturated carbocycles. The Hall–Kier alpha value is -1.62. The number of allylic oxidation sites excluding steroid dienone is 1. The number of nitrogens with one attached hydrogen (secondary N) is 2. The summed E-state index contributed by atoms with van der Waals surface area (Å²) in [5, 5.41) is 7.13. The summed E-state index contributed by atoms with van der Waals surface area (Å²) in [4.78, 5) is 25.7. The Bertz CT molecular complexity index is 914. The molecule has 0 aromatic carbocycles. The minimum atomic E-state index is -1.49. The first-order valence-electron chi connectivity index (χ1n) is 15.6. The fourth-order valence-corrected chi connectivity index (χ4v) is 7.82.